The van der Waals surface area contributed by atoms with E-state index in [1.165, 1.54) is 18.3 Å². The standard InChI is InChI=1S/C13H9NO4/c15-8-10-3-1-2-4-11(10)18-12-6-5-9(7-14-12)13(16)17/h1-8H,(H,16,17). The van der Waals surface area contributed by atoms with E-state index in [4.69, 9.17) is 9.84 Å². The van der Waals surface area contributed by atoms with Gasteiger partial charge in [-0.25, -0.2) is 9.78 Å². The van der Waals surface area contributed by atoms with Crippen molar-refractivity contribution < 1.29 is 19.4 Å². The number of pyridine rings is 1. The number of hydrogen-bond acceptors (Lipinski definition) is 4. The molecule has 0 aliphatic heterocycles. The van der Waals surface area contributed by atoms with Crippen molar-refractivity contribution in [2.45, 2.75) is 0 Å². The molecule has 1 heterocycles. The minimum absolute atomic E-state index is 0.0750. The van der Waals surface area contributed by atoms with Crippen molar-refractivity contribution >= 4 is 12.3 Å². The van der Waals surface area contributed by atoms with Crippen LogP contribution in [-0.4, -0.2) is 22.3 Å². The number of aromatic carboxylic acids is 1. The number of aldehydes is 1. The Balaban J connectivity index is 2.23. The number of rotatable bonds is 4. The van der Waals surface area contributed by atoms with E-state index in [1.807, 2.05) is 0 Å². The van der Waals surface area contributed by atoms with Gasteiger partial charge in [0.15, 0.2) is 6.29 Å². The molecule has 1 aromatic carbocycles. The number of nitrogens with zero attached hydrogens (tertiary/aromatic N) is 1. The fourth-order valence-corrected chi connectivity index (χ4v) is 1.35. The van der Waals surface area contributed by atoms with Crippen molar-refractivity contribution in [1.82, 2.24) is 4.98 Å². The smallest absolute Gasteiger partial charge is 0.337 e. The van der Waals surface area contributed by atoms with Gasteiger partial charge in [-0.05, 0) is 18.2 Å². The van der Waals surface area contributed by atoms with Crippen LogP contribution in [0.15, 0.2) is 42.6 Å². The van der Waals surface area contributed by atoms with Crippen molar-refractivity contribution in [2.24, 2.45) is 0 Å². The number of carboxylic acids is 1. The normalized spacial score (nSPS) is 9.78. The van der Waals surface area contributed by atoms with E-state index in [9.17, 15) is 9.59 Å². The molecule has 0 unspecified atom stereocenters. The molecule has 0 saturated carbocycles. The summed E-state index contributed by atoms with van der Waals surface area (Å²) in [5.41, 5.74) is 0.479. The Hall–Kier alpha value is -2.69. The Kier molecular flexibility index (Phi) is 3.33. The summed E-state index contributed by atoms with van der Waals surface area (Å²) in [7, 11) is 0. The average Bonchev–Trinajstić information content (AvgIpc) is 2.40. The van der Waals surface area contributed by atoms with Crippen LogP contribution in [0.4, 0.5) is 0 Å². The fourth-order valence-electron chi connectivity index (χ4n) is 1.35. The number of ether oxygens (including phenoxy) is 1. The van der Waals surface area contributed by atoms with Crippen LogP contribution in [0.5, 0.6) is 11.6 Å². The maximum absolute atomic E-state index is 10.8. The van der Waals surface area contributed by atoms with Gasteiger partial charge in [0.05, 0.1) is 11.1 Å². The minimum Gasteiger partial charge on any atom is -0.478 e. The van der Waals surface area contributed by atoms with Crippen LogP contribution in [-0.2, 0) is 0 Å². The summed E-state index contributed by atoms with van der Waals surface area (Å²) in [6.07, 6.45) is 1.88. The molecule has 5 heteroatoms. The second-order valence-electron chi connectivity index (χ2n) is 3.45. The van der Waals surface area contributed by atoms with Gasteiger partial charge in [-0.3, -0.25) is 4.79 Å². The minimum atomic E-state index is -1.05. The molecule has 0 aliphatic carbocycles. The predicted octanol–water partition coefficient (Wildman–Crippen LogP) is 2.38. The lowest BCUT2D eigenvalue weighted by atomic mass is 10.2. The second-order valence-corrected chi connectivity index (χ2v) is 3.45. The molecule has 0 radical (unpaired) electrons. The van der Waals surface area contributed by atoms with Gasteiger partial charge >= 0.3 is 5.97 Å². The summed E-state index contributed by atoms with van der Waals surface area (Å²) in [6, 6.07) is 9.52. The summed E-state index contributed by atoms with van der Waals surface area (Å²) < 4.78 is 5.40. The molecule has 0 saturated heterocycles. The quantitative estimate of drug-likeness (QED) is 0.834. The van der Waals surface area contributed by atoms with Crippen molar-refractivity contribution in [3.8, 4) is 11.6 Å². The SMILES string of the molecule is O=Cc1ccccc1Oc1ccc(C(=O)O)cn1. The summed E-state index contributed by atoms with van der Waals surface area (Å²) in [5, 5.41) is 8.72. The number of carboxylic acid groups (broad SMARTS) is 1. The molecule has 0 spiro atoms. The first-order chi connectivity index (χ1) is 8.70. The van der Waals surface area contributed by atoms with Gasteiger partial charge in [0.25, 0.3) is 0 Å². The molecule has 0 amide bonds. The van der Waals surface area contributed by atoms with Crippen LogP contribution >= 0.6 is 0 Å². The summed E-state index contributed by atoms with van der Waals surface area (Å²) in [4.78, 5) is 25.3. The van der Waals surface area contributed by atoms with Crippen LogP contribution in [0.2, 0.25) is 0 Å². The molecule has 0 fully saturated rings. The third kappa shape index (κ3) is 2.52. The highest BCUT2D eigenvalue weighted by Gasteiger charge is 2.06. The average molecular weight is 243 g/mol. The molecule has 5 nitrogen and oxygen atoms in total. The van der Waals surface area contributed by atoms with E-state index in [1.54, 1.807) is 24.3 Å². The van der Waals surface area contributed by atoms with E-state index < -0.39 is 5.97 Å². The first kappa shape index (κ1) is 11.8. The lowest BCUT2D eigenvalue weighted by Crippen LogP contribution is -1.98. The predicted molar refractivity (Wildman–Crippen MR) is 63.1 cm³/mol. The number of hydrogen-bond donors (Lipinski definition) is 1. The Morgan fingerprint density at radius 1 is 1.22 bits per heavy atom. The van der Waals surface area contributed by atoms with Gasteiger partial charge in [0.1, 0.15) is 5.75 Å². The monoisotopic (exact) mass is 243 g/mol. The Bertz CT molecular complexity index is 578. The molecule has 1 aromatic heterocycles. The van der Waals surface area contributed by atoms with Crippen molar-refractivity contribution in [3.63, 3.8) is 0 Å². The van der Waals surface area contributed by atoms with Crippen molar-refractivity contribution in [1.29, 1.82) is 0 Å². The van der Waals surface area contributed by atoms with Gasteiger partial charge in [-0.1, -0.05) is 12.1 Å². The van der Waals surface area contributed by atoms with E-state index in [0.717, 1.165) is 0 Å². The second kappa shape index (κ2) is 5.09. The molecular formula is C13H9NO4. The first-order valence-electron chi connectivity index (χ1n) is 5.12. The van der Waals surface area contributed by atoms with Gasteiger partial charge in [0.2, 0.25) is 5.88 Å². The van der Waals surface area contributed by atoms with Crippen LogP contribution in [0, 0.1) is 0 Å². The van der Waals surface area contributed by atoms with Gasteiger partial charge < -0.3 is 9.84 Å². The number of benzene rings is 1. The highest BCUT2D eigenvalue weighted by atomic mass is 16.5. The molecule has 1 N–H and O–H groups in total. The molecule has 0 bridgehead atoms. The van der Waals surface area contributed by atoms with Crippen molar-refractivity contribution in [3.05, 3.63) is 53.7 Å². The highest BCUT2D eigenvalue weighted by Crippen LogP contribution is 2.22. The van der Waals surface area contributed by atoms with Crippen LogP contribution in [0.3, 0.4) is 0 Å². The van der Waals surface area contributed by atoms with Gasteiger partial charge in [0, 0.05) is 12.3 Å². The lowest BCUT2D eigenvalue weighted by molar-refractivity contribution is 0.0696. The van der Waals surface area contributed by atoms with E-state index in [-0.39, 0.29) is 11.4 Å². The summed E-state index contributed by atoms with van der Waals surface area (Å²) >= 11 is 0. The van der Waals surface area contributed by atoms with Crippen LogP contribution in [0.1, 0.15) is 20.7 Å². The van der Waals surface area contributed by atoms with Crippen molar-refractivity contribution in [2.75, 3.05) is 0 Å². The van der Waals surface area contributed by atoms with E-state index >= 15 is 0 Å². The Morgan fingerprint density at radius 2 is 2.00 bits per heavy atom. The highest BCUT2D eigenvalue weighted by molar-refractivity contribution is 5.87. The van der Waals surface area contributed by atoms with Crippen LogP contribution < -0.4 is 4.74 Å². The van der Waals surface area contributed by atoms with E-state index in [2.05, 4.69) is 4.98 Å². The number of carbonyl (C=O) groups excluding carboxylic acids is 1. The molecule has 0 atom stereocenters. The van der Waals surface area contributed by atoms with Crippen LogP contribution in [0.25, 0.3) is 0 Å². The number of para-hydroxylation sites is 1. The Morgan fingerprint density at radius 3 is 2.61 bits per heavy atom. The maximum atomic E-state index is 10.8. The molecule has 0 aliphatic rings. The zero-order valence-corrected chi connectivity index (χ0v) is 9.24. The van der Waals surface area contributed by atoms with E-state index in [0.29, 0.717) is 17.6 Å². The van der Waals surface area contributed by atoms with Gasteiger partial charge in [-0.15, -0.1) is 0 Å². The number of aromatic nitrogens is 1. The molecule has 2 aromatic rings. The zero-order valence-electron chi connectivity index (χ0n) is 9.24. The fraction of sp³-hybridized carbons (Fsp3) is 0. The Labute approximate surface area is 103 Å². The third-order valence-corrected chi connectivity index (χ3v) is 2.24. The topological polar surface area (TPSA) is 76.5 Å². The maximum Gasteiger partial charge on any atom is 0.337 e. The lowest BCUT2D eigenvalue weighted by Gasteiger charge is -2.06. The summed E-state index contributed by atoms with van der Waals surface area (Å²) in [5.74, 6) is -0.445. The summed E-state index contributed by atoms with van der Waals surface area (Å²) in [6.45, 7) is 0. The molecule has 18 heavy (non-hydrogen) atoms. The molecule has 2 rings (SSSR count). The molecule has 90 valence electrons. The first-order valence-corrected chi connectivity index (χ1v) is 5.12. The third-order valence-electron chi connectivity index (χ3n) is 2.24. The zero-order chi connectivity index (χ0) is 13.0. The largest absolute Gasteiger partial charge is 0.478 e. The molecular weight excluding hydrogens is 234 g/mol. The number of carbonyl (C=O) groups is 2. The van der Waals surface area contributed by atoms with Gasteiger partial charge in [-0.2, -0.15) is 0 Å².